The van der Waals surface area contributed by atoms with Gasteiger partial charge in [0.05, 0.1) is 0 Å². The maximum atomic E-state index is 9.17. The summed E-state index contributed by atoms with van der Waals surface area (Å²) in [5, 5.41) is 9.17. The summed E-state index contributed by atoms with van der Waals surface area (Å²) in [7, 11) is 0. The van der Waals surface area contributed by atoms with Gasteiger partial charge >= 0.3 is 0 Å². The van der Waals surface area contributed by atoms with Crippen LogP contribution in [0.4, 0.5) is 0 Å². The van der Waals surface area contributed by atoms with Crippen LogP contribution in [-0.4, -0.2) is 10.9 Å². The summed E-state index contributed by atoms with van der Waals surface area (Å²) in [6, 6.07) is 18.0. The Labute approximate surface area is 107 Å². The summed E-state index contributed by atoms with van der Waals surface area (Å²) in [6.07, 6.45) is 1.05. The van der Waals surface area contributed by atoms with Crippen molar-refractivity contribution in [2.24, 2.45) is 0 Å². The number of thioether (sulfide) groups is 1. The summed E-state index contributed by atoms with van der Waals surface area (Å²) < 4.78 is 0. The second-order valence-corrected chi connectivity index (χ2v) is 5.06. The molecular formula is C15H16OS. The van der Waals surface area contributed by atoms with Crippen molar-refractivity contribution in [3.05, 3.63) is 65.7 Å². The minimum atomic E-state index is 0.339. The maximum absolute atomic E-state index is 9.17. The molecule has 88 valence electrons. The lowest BCUT2D eigenvalue weighted by atomic mass is 10.2. The number of hydrogen-bond acceptors (Lipinski definition) is 2. The largest absolute Gasteiger partial charge is 0.508 e. The number of benzene rings is 2. The number of phenols is 1. The molecule has 0 amide bonds. The number of phenolic OH excluding ortho intramolecular Hbond substituents is 1. The van der Waals surface area contributed by atoms with Gasteiger partial charge in [-0.1, -0.05) is 42.5 Å². The van der Waals surface area contributed by atoms with Crippen LogP contribution < -0.4 is 0 Å². The van der Waals surface area contributed by atoms with E-state index in [4.69, 9.17) is 0 Å². The van der Waals surface area contributed by atoms with E-state index in [1.165, 1.54) is 11.1 Å². The molecule has 17 heavy (non-hydrogen) atoms. The van der Waals surface area contributed by atoms with Gasteiger partial charge in [0.25, 0.3) is 0 Å². The van der Waals surface area contributed by atoms with Crippen molar-refractivity contribution in [1.82, 2.24) is 0 Å². The van der Waals surface area contributed by atoms with E-state index in [0.717, 1.165) is 17.9 Å². The van der Waals surface area contributed by atoms with E-state index >= 15 is 0 Å². The lowest BCUT2D eigenvalue weighted by Gasteiger charge is -2.02. The molecule has 0 saturated carbocycles. The van der Waals surface area contributed by atoms with Crippen molar-refractivity contribution in [2.75, 3.05) is 5.75 Å². The molecule has 0 saturated heterocycles. The molecule has 0 radical (unpaired) electrons. The van der Waals surface area contributed by atoms with Crippen LogP contribution in [0.15, 0.2) is 54.6 Å². The summed E-state index contributed by atoms with van der Waals surface area (Å²) in [6.45, 7) is 0. The fraction of sp³-hybridized carbons (Fsp3) is 0.200. The third kappa shape index (κ3) is 4.16. The van der Waals surface area contributed by atoms with E-state index < -0.39 is 0 Å². The molecule has 1 nitrogen and oxygen atoms in total. The van der Waals surface area contributed by atoms with Crippen molar-refractivity contribution in [3.8, 4) is 5.75 Å². The van der Waals surface area contributed by atoms with Gasteiger partial charge in [-0.3, -0.25) is 0 Å². The summed E-state index contributed by atoms with van der Waals surface area (Å²) >= 11 is 1.94. The first-order valence-corrected chi connectivity index (χ1v) is 6.89. The summed E-state index contributed by atoms with van der Waals surface area (Å²) in [4.78, 5) is 0. The number of hydrogen-bond donors (Lipinski definition) is 1. The Morgan fingerprint density at radius 2 is 1.53 bits per heavy atom. The molecule has 0 aliphatic heterocycles. The van der Waals surface area contributed by atoms with E-state index in [1.807, 2.05) is 30.0 Å². The van der Waals surface area contributed by atoms with Crippen LogP contribution >= 0.6 is 11.8 Å². The SMILES string of the molecule is Oc1ccc(CCSCc2ccccc2)cc1. The number of rotatable bonds is 5. The molecule has 0 unspecified atom stereocenters. The lowest BCUT2D eigenvalue weighted by molar-refractivity contribution is 0.475. The smallest absolute Gasteiger partial charge is 0.115 e. The Morgan fingerprint density at radius 1 is 0.824 bits per heavy atom. The molecule has 0 aliphatic carbocycles. The van der Waals surface area contributed by atoms with Gasteiger partial charge < -0.3 is 5.11 Å². The average Bonchev–Trinajstić information content (AvgIpc) is 2.38. The Morgan fingerprint density at radius 3 is 2.24 bits per heavy atom. The molecule has 0 heterocycles. The zero-order valence-electron chi connectivity index (χ0n) is 9.67. The van der Waals surface area contributed by atoms with Crippen LogP contribution in [0.2, 0.25) is 0 Å². The van der Waals surface area contributed by atoms with Crippen molar-refractivity contribution in [3.63, 3.8) is 0 Å². The third-order valence-electron chi connectivity index (χ3n) is 2.58. The first-order valence-electron chi connectivity index (χ1n) is 5.74. The van der Waals surface area contributed by atoms with Crippen LogP contribution in [-0.2, 0) is 12.2 Å². The summed E-state index contributed by atoms with van der Waals surface area (Å²) in [5.41, 5.74) is 2.66. The number of aromatic hydroxyl groups is 1. The fourth-order valence-electron chi connectivity index (χ4n) is 1.62. The molecule has 2 aromatic carbocycles. The normalized spacial score (nSPS) is 10.4. The van der Waals surface area contributed by atoms with E-state index in [-0.39, 0.29) is 0 Å². The predicted molar refractivity (Wildman–Crippen MR) is 74.4 cm³/mol. The van der Waals surface area contributed by atoms with Crippen molar-refractivity contribution < 1.29 is 5.11 Å². The fourth-order valence-corrected chi connectivity index (χ4v) is 2.57. The molecule has 0 bridgehead atoms. The van der Waals surface area contributed by atoms with Gasteiger partial charge in [0.1, 0.15) is 5.75 Å². The molecule has 0 aliphatic rings. The molecule has 0 spiro atoms. The van der Waals surface area contributed by atoms with Crippen molar-refractivity contribution in [1.29, 1.82) is 0 Å². The first-order chi connectivity index (χ1) is 8.34. The van der Waals surface area contributed by atoms with Crippen molar-refractivity contribution >= 4 is 11.8 Å². The van der Waals surface area contributed by atoms with E-state index in [1.54, 1.807) is 12.1 Å². The van der Waals surface area contributed by atoms with Crippen LogP contribution in [0.5, 0.6) is 5.75 Å². The van der Waals surface area contributed by atoms with Gasteiger partial charge in [-0.25, -0.2) is 0 Å². The van der Waals surface area contributed by atoms with Crippen LogP contribution in [0.1, 0.15) is 11.1 Å². The van der Waals surface area contributed by atoms with E-state index in [0.29, 0.717) is 5.75 Å². The lowest BCUT2D eigenvalue weighted by Crippen LogP contribution is -1.89. The standard InChI is InChI=1S/C15H16OS/c16-15-8-6-13(7-9-15)10-11-17-12-14-4-2-1-3-5-14/h1-9,16H,10-12H2. The highest BCUT2D eigenvalue weighted by molar-refractivity contribution is 7.98. The topological polar surface area (TPSA) is 20.2 Å². The Kier molecular flexibility index (Phi) is 4.51. The summed E-state index contributed by atoms with van der Waals surface area (Å²) in [5.74, 6) is 2.52. The Bertz CT molecular complexity index is 436. The van der Waals surface area contributed by atoms with Gasteiger partial charge in [-0.2, -0.15) is 11.8 Å². The minimum Gasteiger partial charge on any atom is -0.508 e. The Hall–Kier alpha value is -1.41. The second kappa shape index (κ2) is 6.36. The molecule has 1 N–H and O–H groups in total. The van der Waals surface area contributed by atoms with Gasteiger partial charge in [0.2, 0.25) is 0 Å². The molecule has 0 fully saturated rings. The van der Waals surface area contributed by atoms with Gasteiger partial charge in [-0.15, -0.1) is 0 Å². The molecule has 0 aromatic heterocycles. The zero-order chi connectivity index (χ0) is 11.9. The quantitative estimate of drug-likeness (QED) is 0.806. The first kappa shape index (κ1) is 12.1. The van der Waals surface area contributed by atoms with Gasteiger partial charge in [0.15, 0.2) is 0 Å². The Balaban J connectivity index is 1.71. The third-order valence-corrected chi connectivity index (χ3v) is 3.61. The van der Waals surface area contributed by atoms with E-state index in [9.17, 15) is 5.11 Å². The minimum absolute atomic E-state index is 0.339. The van der Waals surface area contributed by atoms with Gasteiger partial charge in [-0.05, 0) is 35.4 Å². The molecule has 2 heteroatoms. The maximum Gasteiger partial charge on any atom is 0.115 e. The highest BCUT2D eigenvalue weighted by Crippen LogP contribution is 2.15. The zero-order valence-corrected chi connectivity index (χ0v) is 10.5. The monoisotopic (exact) mass is 244 g/mol. The average molecular weight is 244 g/mol. The van der Waals surface area contributed by atoms with E-state index in [2.05, 4.69) is 24.3 Å². The second-order valence-electron chi connectivity index (χ2n) is 3.95. The van der Waals surface area contributed by atoms with Crippen LogP contribution in [0.3, 0.4) is 0 Å². The van der Waals surface area contributed by atoms with Crippen LogP contribution in [0, 0.1) is 0 Å². The molecular weight excluding hydrogens is 228 g/mol. The predicted octanol–water partition coefficient (Wildman–Crippen LogP) is 3.87. The highest BCUT2D eigenvalue weighted by atomic mass is 32.2. The molecule has 0 atom stereocenters. The van der Waals surface area contributed by atoms with Crippen molar-refractivity contribution in [2.45, 2.75) is 12.2 Å². The van der Waals surface area contributed by atoms with Crippen LogP contribution in [0.25, 0.3) is 0 Å². The highest BCUT2D eigenvalue weighted by Gasteiger charge is 1.95. The number of aryl methyl sites for hydroxylation is 1. The molecule has 2 rings (SSSR count). The molecule has 2 aromatic rings. The van der Waals surface area contributed by atoms with Gasteiger partial charge in [0, 0.05) is 5.75 Å².